The lowest BCUT2D eigenvalue weighted by atomic mass is 9.93. The number of likely N-dealkylation sites (tertiary alicyclic amines) is 1. The minimum absolute atomic E-state index is 0.766. The highest BCUT2D eigenvalue weighted by Gasteiger charge is 2.28. The second kappa shape index (κ2) is 3.75. The van der Waals surface area contributed by atoms with Crippen molar-refractivity contribution in [3.05, 3.63) is 0 Å². The molecule has 2 saturated heterocycles. The van der Waals surface area contributed by atoms with Crippen LogP contribution in [0.15, 0.2) is 0 Å². The average molecular weight is 169 g/mol. The number of hydrogen-bond donors (Lipinski definition) is 0. The first-order valence-corrected chi connectivity index (χ1v) is 5.22. The van der Waals surface area contributed by atoms with Crippen molar-refractivity contribution in [2.45, 2.75) is 32.2 Å². The highest BCUT2D eigenvalue weighted by atomic mass is 16.5. The topological polar surface area (TPSA) is 12.5 Å². The molecule has 0 radical (unpaired) electrons. The molecule has 2 nitrogen and oxygen atoms in total. The van der Waals surface area contributed by atoms with E-state index in [0.717, 1.165) is 25.2 Å². The Morgan fingerprint density at radius 1 is 1.25 bits per heavy atom. The number of ether oxygens (including phenoxy) is 1. The summed E-state index contributed by atoms with van der Waals surface area (Å²) in [7, 11) is 0. The van der Waals surface area contributed by atoms with E-state index in [-0.39, 0.29) is 0 Å². The predicted octanol–water partition coefficient (Wildman–Crippen LogP) is 1.51. The molecule has 2 heterocycles. The van der Waals surface area contributed by atoms with Crippen LogP contribution in [0.2, 0.25) is 0 Å². The Kier molecular flexibility index (Phi) is 2.66. The van der Waals surface area contributed by atoms with Gasteiger partial charge in [0.1, 0.15) is 0 Å². The second-order valence-corrected chi connectivity index (χ2v) is 4.08. The average Bonchev–Trinajstić information content (AvgIpc) is 2.03. The van der Waals surface area contributed by atoms with E-state index in [2.05, 4.69) is 11.8 Å². The van der Waals surface area contributed by atoms with Gasteiger partial charge in [0.25, 0.3) is 0 Å². The number of hydrogen-bond acceptors (Lipinski definition) is 2. The lowest BCUT2D eigenvalue weighted by molar-refractivity contribution is -0.0738. The first-order chi connectivity index (χ1) is 5.90. The van der Waals surface area contributed by atoms with E-state index in [4.69, 9.17) is 4.74 Å². The molecule has 2 fully saturated rings. The van der Waals surface area contributed by atoms with Gasteiger partial charge < -0.3 is 4.74 Å². The minimum Gasteiger partial charge on any atom is -0.378 e. The van der Waals surface area contributed by atoms with Gasteiger partial charge in [0.05, 0.1) is 19.3 Å². The third-order valence-electron chi connectivity index (χ3n) is 3.36. The van der Waals surface area contributed by atoms with Crippen molar-refractivity contribution in [3.63, 3.8) is 0 Å². The van der Waals surface area contributed by atoms with E-state index in [1.54, 1.807) is 0 Å². The molecule has 2 heteroatoms. The van der Waals surface area contributed by atoms with Crippen molar-refractivity contribution >= 4 is 0 Å². The zero-order valence-corrected chi connectivity index (χ0v) is 7.96. The Labute approximate surface area is 74.9 Å². The van der Waals surface area contributed by atoms with Gasteiger partial charge in [-0.25, -0.2) is 0 Å². The van der Waals surface area contributed by atoms with Gasteiger partial charge in [0, 0.05) is 0 Å². The van der Waals surface area contributed by atoms with Gasteiger partial charge >= 0.3 is 0 Å². The zero-order chi connectivity index (χ0) is 8.39. The summed E-state index contributed by atoms with van der Waals surface area (Å²) in [5.74, 6) is 1.00. The molecule has 0 aromatic carbocycles. The lowest BCUT2D eigenvalue weighted by Crippen LogP contribution is -2.51. The fourth-order valence-corrected chi connectivity index (χ4v) is 2.16. The van der Waals surface area contributed by atoms with Crippen LogP contribution in [0.5, 0.6) is 0 Å². The van der Waals surface area contributed by atoms with Crippen molar-refractivity contribution < 1.29 is 4.74 Å². The summed E-state index contributed by atoms with van der Waals surface area (Å²) in [5, 5.41) is 0. The minimum atomic E-state index is 0.766. The first kappa shape index (κ1) is 8.52. The van der Waals surface area contributed by atoms with Crippen molar-refractivity contribution in [2.75, 3.05) is 26.3 Å². The smallest absolute Gasteiger partial charge is 0.0645 e. The maximum absolute atomic E-state index is 5.20. The molecule has 2 aliphatic rings. The Bertz CT molecular complexity index is 137. The van der Waals surface area contributed by atoms with Crippen molar-refractivity contribution in [1.82, 2.24) is 4.90 Å². The molecule has 12 heavy (non-hydrogen) atoms. The van der Waals surface area contributed by atoms with E-state index < -0.39 is 0 Å². The molecule has 0 spiro atoms. The van der Waals surface area contributed by atoms with Crippen LogP contribution in [0, 0.1) is 5.92 Å². The molecule has 0 amide bonds. The van der Waals surface area contributed by atoms with Gasteiger partial charge in [0.2, 0.25) is 0 Å². The summed E-state index contributed by atoms with van der Waals surface area (Å²) in [6, 6.07) is 0.766. The number of nitrogens with zero attached hydrogens (tertiary/aromatic N) is 1. The van der Waals surface area contributed by atoms with Gasteiger partial charge in [-0.2, -0.15) is 0 Å². The summed E-state index contributed by atoms with van der Waals surface area (Å²) in [4.78, 5) is 2.61. The molecule has 70 valence electrons. The van der Waals surface area contributed by atoms with Gasteiger partial charge in [-0.15, -0.1) is 0 Å². The van der Waals surface area contributed by atoms with E-state index in [0.29, 0.717) is 0 Å². The predicted molar refractivity (Wildman–Crippen MR) is 49.2 cm³/mol. The van der Waals surface area contributed by atoms with Gasteiger partial charge in [-0.1, -0.05) is 13.3 Å². The van der Waals surface area contributed by atoms with Crippen LogP contribution >= 0.6 is 0 Å². The summed E-state index contributed by atoms with van der Waals surface area (Å²) in [6.45, 7) is 6.90. The molecule has 2 rings (SSSR count). The third-order valence-corrected chi connectivity index (χ3v) is 3.36. The maximum atomic E-state index is 5.20. The largest absolute Gasteiger partial charge is 0.378 e. The number of rotatable bonds is 2. The quantitative estimate of drug-likeness (QED) is 0.621. The summed E-state index contributed by atoms with van der Waals surface area (Å²) < 4.78 is 5.20. The highest BCUT2D eigenvalue weighted by Crippen LogP contribution is 2.23. The molecular formula is C10H19NO. The van der Waals surface area contributed by atoms with Crippen molar-refractivity contribution in [2.24, 2.45) is 5.92 Å². The van der Waals surface area contributed by atoms with E-state index >= 15 is 0 Å². The van der Waals surface area contributed by atoms with Gasteiger partial charge in [0.15, 0.2) is 0 Å². The van der Waals surface area contributed by atoms with Crippen LogP contribution in [0.3, 0.4) is 0 Å². The SMILES string of the molecule is CCC1CCN(C2COC2)CC1. The Hall–Kier alpha value is -0.0800. The Balaban J connectivity index is 1.74. The van der Waals surface area contributed by atoms with Crippen LogP contribution in [0.4, 0.5) is 0 Å². The molecule has 0 aliphatic carbocycles. The first-order valence-electron chi connectivity index (χ1n) is 5.22. The van der Waals surface area contributed by atoms with Crippen molar-refractivity contribution in [3.8, 4) is 0 Å². The van der Waals surface area contributed by atoms with Crippen LogP contribution in [-0.4, -0.2) is 37.2 Å². The van der Waals surface area contributed by atoms with E-state index in [9.17, 15) is 0 Å². The molecule has 0 bridgehead atoms. The number of piperidine rings is 1. The van der Waals surface area contributed by atoms with Crippen LogP contribution in [-0.2, 0) is 4.74 Å². The fourth-order valence-electron chi connectivity index (χ4n) is 2.16. The summed E-state index contributed by atoms with van der Waals surface area (Å²) >= 11 is 0. The Morgan fingerprint density at radius 3 is 2.33 bits per heavy atom. The van der Waals surface area contributed by atoms with E-state index in [1.165, 1.54) is 32.4 Å². The normalized spacial score (nSPS) is 28.8. The monoisotopic (exact) mass is 169 g/mol. The van der Waals surface area contributed by atoms with E-state index in [1.807, 2.05) is 0 Å². The molecule has 0 aromatic heterocycles. The standard InChI is InChI=1S/C10H19NO/c1-2-9-3-5-11(6-4-9)10-7-12-8-10/h9-10H,2-8H2,1H3. The fraction of sp³-hybridized carbons (Fsp3) is 1.00. The zero-order valence-electron chi connectivity index (χ0n) is 7.96. The molecule has 0 saturated carbocycles. The Morgan fingerprint density at radius 2 is 1.92 bits per heavy atom. The highest BCUT2D eigenvalue weighted by molar-refractivity contribution is 4.81. The summed E-state index contributed by atoms with van der Waals surface area (Å²) in [6.07, 6.45) is 4.19. The van der Waals surface area contributed by atoms with Crippen LogP contribution < -0.4 is 0 Å². The molecule has 0 unspecified atom stereocenters. The molecule has 2 aliphatic heterocycles. The van der Waals surface area contributed by atoms with Crippen LogP contribution in [0.1, 0.15) is 26.2 Å². The second-order valence-electron chi connectivity index (χ2n) is 4.08. The van der Waals surface area contributed by atoms with Gasteiger partial charge in [-0.3, -0.25) is 4.90 Å². The van der Waals surface area contributed by atoms with Crippen LogP contribution in [0.25, 0.3) is 0 Å². The maximum Gasteiger partial charge on any atom is 0.0645 e. The lowest BCUT2D eigenvalue weighted by Gasteiger charge is -2.41. The third kappa shape index (κ3) is 1.64. The molecular weight excluding hydrogens is 150 g/mol. The summed E-state index contributed by atoms with van der Waals surface area (Å²) in [5.41, 5.74) is 0. The molecule has 0 atom stereocenters. The van der Waals surface area contributed by atoms with Crippen molar-refractivity contribution in [1.29, 1.82) is 0 Å². The molecule has 0 N–H and O–H groups in total. The molecule has 0 aromatic rings. The van der Waals surface area contributed by atoms with Gasteiger partial charge in [-0.05, 0) is 31.8 Å².